The number of halogens is 2. The molecule has 0 amide bonds. The van der Waals surface area contributed by atoms with E-state index < -0.39 is 0 Å². The van der Waals surface area contributed by atoms with E-state index in [0.29, 0.717) is 28.8 Å². The molecule has 0 aliphatic heterocycles. The van der Waals surface area contributed by atoms with E-state index in [-0.39, 0.29) is 13.2 Å². The maximum Gasteiger partial charge on any atom is 0.0606 e. The van der Waals surface area contributed by atoms with E-state index >= 15 is 0 Å². The molecule has 0 bridgehead atoms. The van der Waals surface area contributed by atoms with Gasteiger partial charge in [-0.25, -0.2) is 0 Å². The second kappa shape index (κ2) is 7.70. The molecule has 0 unspecified atom stereocenters. The highest BCUT2D eigenvalue weighted by molar-refractivity contribution is 6.35. The Balaban J connectivity index is 2.55. The number of hydrogen-bond donors (Lipinski definition) is 3. The Labute approximate surface area is 139 Å². The molecule has 22 heavy (non-hydrogen) atoms. The van der Waals surface area contributed by atoms with Crippen molar-refractivity contribution in [2.45, 2.75) is 0 Å². The van der Waals surface area contributed by atoms with Crippen molar-refractivity contribution in [3.63, 3.8) is 0 Å². The molecule has 0 spiro atoms. The normalized spacial score (nSPS) is 10.7. The van der Waals surface area contributed by atoms with Gasteiger partial charge in [0.25, 0.3) is 0 Å². The first-order valence-corrected chi connectivity index (χ1v) is 7.63. The Bertz CT molecular complexity index is 624. The van der Waals surface area contributed by atoms with E-state index in [2.05, 4.69) is 0 Å². The van der Waals surface area contributed by atoms with Crippen molar-refractivity contribution in [1.82, 2.24) is 0 Å². The van der Waals surface area contributed by atoms with Crippen LogP contribution >= 0.6 is 23.2 Å². The summed E-state index contributed by atoms with van der Waals surface area (Å²) in [4.78, 5) is 1.89. The van der Waals surface area contributed by atoms with Crippen molar-refractivity contribution < 1.29 is 10.2 Å². The van der Waals surface area contributed by atoms with E-state index in [1.54, 1.807) is 12.1 Å². The summed E-state index contributed by atoms with van der Waals surface area (Å²) >= 11 is 12.2. The van der Waals surface area contributed by atoms with Gasteiger partial charge in [0.2, 0.25) is 0 Å². The Morgan fingerprint density at radius 1 is 0.909 bits per heavy atom. The smallest absolute Gasteiger partial charge is 0.0606 e. The molecule has 0 atom stereocenters. The summed E-state index contributed by atoms with van der Waals surface area (Å²) in [6, 6.07) is 10.8. The van der Waals surface area contributed by atoms with Crippen LogP contribution in [-0.2, 0) is 0 Å². The van der Waals surface area contributed by atoms with Crippen LogP contribution in [0.4, 0.5) is 11.4 Å². The topological polar surface area (TPSA) is 69.7 Å². The first-order chi connectivity index (χ1) is 10.5. The summed E-state index contributed by atoms with van der Waals surface area (Å²) in [5.74, 6) is 0. The standard InChI is InChI=1S/C16H18Cl2N2O2/c17-12-7-11(8-13(18)9-12)15-10-14(19)1-2-16(15)20(3-5-21)4-6-22/h1-2,7-10,21-22H,3-6,19H2. The van der Waals surface area contributed by atoms with E-state index in [1.807, 2.05) is 29.2 Å². The third-order valence-electron chi connectivity index (χ3n) is 3.27. The zero-order chi connectivity index (χ0) is 16.1. The van der Waals surface area contributed by atoms with Crippen LogP contribution in [0.5, 0.6) is 0 Å². The molecule has 118 valence electrons. The Hall–Kier alpha value is -1.46. The number of aliphatic hydroxyl groups excluding tert-OH is 2. The van der Waals surface area contributed by atoms with Crippen LogP contribution in [0.25, 0.3) is 11.1 Å². The van der Waals surface area contributed by atoms with E-state index in [0.717, 1.165) is 16.8 Å². The number of anilines is 2. The summed E-state index contributed by atoms with van der Waals surface area (Å²) in [6.07, 6.45) is 0. The minimum atomic E-state index is -0.0138. The van der Waals surface area contributed by atoms with Gasteiger partial charge in [0, 0.05) is 40.1 Å². The van der Waals surface area contributed by atoms with Gasteiger partial charge >= 0.3 is 0 Å². The molecule has 4 nitrogen and oxygen atoms in total. The molecule has 2 aromatic carbocycles. The SMILES string of the molecule is Nc1ccc(N(CCO)CCO)c(-c2cc(Cl)cc(Cl)c2)c1. The van der Waals surface area contributed by atoms with Gasteiger partial charge in [-0.1, -0.05) is 23.2 Å². The first-order valence-electron chi connectivity index (χ1n) is 6.88. The summed E-state index contributed by atoms with van der Waals surface area (Å²) in [5, 5.41) is 19.5. The summed E-state index contributed by atoms with van der Waals surface area (Å²) < 4.78 is 0. The lowest BCUT2D eigenvalue weighted by Crippen LogP contribution is -2.30. The zero-order valence-corrected chi connectivity index (χ0v) is 13.5. The van der Waals surface area contributed by atoms with Gasteiger partial charge in [0.1, 0.15) is 0 Å². The van der Waals surface area contributed by atoms with Crippen molar-refractivity contribution in [2.75, 3.05) is 36.9 Å². The molecule has 2 aromatic rings. The zero-order valence-electron chi connectivity index (χ0n) is 12.0. The van der Waals surface area contributed by atoms with Crippen LogP contribution in [-0.4, -0.2) is 36.5 Å². The summed E-state index contributed by atoms with van der Waals surface area (Å²) in [7, 11) is 0. The summed E-state index contributed by atoms with van der Waals surface area (Å²) in [6.45, 7) is 0.789. The van der Waals surface area contributed by atoms with Gasteiger partial charge in [0.15, 0.2) is 0 Å². The molecule has 0 saturated heterocycles. The number of rotatable bonds is 6. The molecule has 0 radical (unpaired) electrons. The third-order valence-corrected chi connectivity index (χ3v) is 3.71. The second-order valence-electron chi connectivity index (χ2n) is 4.87. The lowest BCUT2D eigenvalue weighted by atomic mass is 10.0. The number of hydrogen-bond acceptors (Lipinski definition) is 4. The van der Waals surface area contributed by atoms with E-state index in [1.165, 1.54) is 0 Å². The maximum absolute atomic E-state index is 9.24. The van der Waals surface area contributed by atoms with Crippen LogP contribution in [0.3, 0.4) is 0 Å². The molecular formula is C16H18Cl2N2O2. The molecule has 0 aliphatic rings. The molecule has 0 aliphatic carbocycles. The number of aliphatic hydroxyl groups is 2. The van der Waals surface area contributed by atoms with Crippen LogP contribution < -0.4 is 10.6 Å². The number of nitrogens with two attached hydrogens (primary N) is 1. The minimum Gasteiger partial charge on any atom is -0.399 e. The molecule has 0 fully saturated rings. The highest BCUT2D eigenvalue weighted by Crippen LogP contribution is 2.35. The molecule has 4 N–H and O–H groups in total. The highest BCUT2D eigenvalue weighted by atomic mass is 35.5. The van der Waals surface area contributed by atoms with Crippen LogP contribution in [0, 0.1) is 0 Å². The van der Waals surface area contributed by atoms with Gasteiger partial charge in [-0.15, -0.1) is 0 Å². The lowest BCUT2D eigenvalue weighted by molar-refractivity contribution is 0.281. The van der Waals surface area contributed by atoms with Gasteiger partial charge in [-0.3, -0.25) is 0 Å². The van der Waals surface area contributed by atoms with Crippen LogP contribution in [0.1, 0.15) is 0 Å². The second-order valence-corrected chi connectivity index (χ2v) is 5.74. The minimum absolute atomic E-state index is 0.0138. The molecule has 0 saturated carbocycles. The van der Waals surface area contributed by atoms with Crippen LogP contribution in [0.15, 0.2) is 36.4 Å². The average molecular weight is 341 g/mol. The van der Waals surface area contributed by atoms with E-state index in [9.17, 15) is 10.2 Å². The monoisotopic (exact) mass is 340 g/mol. The number of nitrogens with zero attached hydrogens (tertiary/aromatic N) is 1. The molecule has 0 heterocycles. The molecule has 6 heteroatoms. The maximum atomic E-state index is 9.24. The quantitative estimate of drug-likeness (QED) is 0.707. The number of nitrogen functional groups attached to an aromatic ring is 1. The van der Waals surface area contributed by atoms with E-state index in [4.69, 9.17) is 28.9 Å². The average Bonchev–Trinajstić information content (AvgIpc) is 2.46. The van der Waals surface area contributed by atoms with Crippen molar-refractivity contribution in [3.05, 3.63) is 46.4 Å². The first kappa shape index (κ1) is 16.9. The fourth-order valence-corrected chi connectivity index (χ4v) is 2.89. The number of benzene rings is 2. The molecule has 0 aromatic heterocycles. The summed E-state index contributed by atoms with van der Waals surface area (Å²) in [5.41, 5.74) is 9.06. The highest BCUT2D eigenvalue weighted by Gasteiger charge is 2.13. The molecular weight excluding hydrogens is 323 g/mol. The fourth-order valence-electron chi connectivity index (χ4n) is 2.36. The van der Waals surface area contributed by atoms with Gasteiger partial charge in [-0.2, -0.15) is 0 Å². The fraction of sp³-hybridized carbons (Fsp3) is 0.250. The van der Waals surface area contributed by atoms with Crippen molar-refractivity contribution in [2.24, 2.45) is 0 Å². The largest absolute Gasteiger partial charge is 0.399 e. The van der Waals surface area contributed by atoms with Crippen molar-refractivity contribution in [1.29, 1.82) is 0 Å². The Morgan fingerprint density at radius 3 is 2.05 bits per heavy atom. The predicted octanol–water partition coefficient (Wildman–Crippen LogP) is 3.03. The predicted molar refractivity (Wildman–Crippen MR) is 92.7 cm³/mol. The van der Waals surface area contributed by atoms with Crippen molar-refractivity contribution >= 4 is 34.6 Å². The Kier molecular flexibility index (Phi) is 5.91. The van der Waals surface area contributed by atoms with Gasteiger partial charge in [-0.05, 0) is 42.0 Å². The third kappa shape index (κ3) is 4.05. The van der Waals surface area contributed by atoms with Gasteiger partial charge < -0.3 is 20.8 Å². The molecule has 2 rings (SSSR count). The van der Waals surface area contributed by atoms with Gasteiger partial charge in [0.05, 0.1) is 13.2 Å². The van der Waals surface area contributed by atoms with Crippen LogP contribution in [0.2, 0.25) is 10.0 Å². The Morgan fingerprint density at radius 2 is 1.50 bits per heavy atom. The lowest BCUT2D eigenvalue weighted by Gasteiger charge is -2.26. The van der Waals surface area contributed by atoms with Crippen molar-refractivity contribution in [3.8, 4) is 11.1 Å².